The van der Waals surface area contributed by atoms with E-state index in [-0.39, 0.29) is 12.2 Å². The predicted molar refractivity (Wildman–Crippen MR) is 65.2 cm³/mol. The fraction of sp³-hybridized carbons (Fsp3) is 0.571. The van der Waals surface area contributed by atoms with E-state index in [9.17, 15) is 0 Å². The van der Waals surface area contributed by atoms with Crippen molar-refractivity contribution in [2.45, 2.75) is 53.2 Å². The third-order valence-corrected chi connectivity index (χ3v) is 2.71. The van der Waals surface area contributed by atoms with Crippen LogP contribution in [0.3, 0.4) is 0 Å². The number of hydrogen-bond donors (Lipinski definition) is 0. The molecule has 0 amide bonds. The van der Waals surface area contributed by atoms with Crippen molar-refractivity contribution in [1.29, 1.82) is 0 Å². The minimum Gasteiger partial charge on any atom is -0.371 e. The van der Waals surface area contributed by atoms with E-state index in [1.165, 1.54) is 16.7 Å². The van der Waals surface area contributed by atoms with E-state index in [0.717, 1.165) is 6.42 Å². The molecule has 0 saturated heterocycles. The highest BCUT2D eigenvalue weighted by atomic mass is 16.5. The molecule has 0 aromatic heterocycles. The van der Waals surface area contributed by atoms with Crippen molar-refractivity contribution in [3.63, 3.8) is 0 Å². The molecule has 1 aromatic rings. The lowest BCUT2D eigenvalue weighted by atomic mass is 10.0. The molecule has 15 heavy (non-hydrogen) atoms. The molecule has 0 aliphatic carbocycles. The monoisotopic (exact) mass is 206 g/mol. The van der Waals surface area contributed by atoms with Crippen LogP contribution in [0.2, 0.25) is 0 Å². The van der Waals surface area contributed by atoms with Gasteiger partial charge in [0.05, 0.1) is 12.2 Å². The smallest absolute Gasteiger partial charge is 0.0825 e. The predicted octanol–water partition coefficient (Wildman–Crippen LogP) is 4.18. The molecule has 1 heteroatoms. The molecule has 84 valence electrons. The Bertz CT molecular complexity index is 315. The number of benzene rings is 1. The van der Waals surface area contributed by atoms with E-state index in [1.807, 2.05) is 0 Å². The van der Waals surface area contributed by atoms with Gasteiger partial charge in [-0.1, -0.05) is 25.1 Å². The maximum absolute atomic E-state index is 5.88. The first-order valence-corrected chi connectivity index (χ1v) is 5.77. The van der Waals surface area contributed by atoms with Gasteiger partial charge in [-0.25, -0.2) is 0 Å². The van der Waals surface area contributed by atoms with Crippen LogP contribution < -0.4 is 0 Å². The number of hydrogen-bond acceptors (Lipinski definition) is 1. The first-order valence-electron chi connectivity index (χ1n) is 5.77. The molecule has 0 fully saturated rings. The normalized spacial score (nSPS) is 13.2. The Kier molecular flexibility index (Phi) is 4.34. The minimum absolute atomic E-state index is 0.240. The molecule has 0 bridgehead atoms. The van der Waals surface area contributed by atoms with Crippen molar-refractivity contribution < 1.29 is 4.74 Å². The summed E-state index contributed by atoms with van der Waals surface area (Å²) in [5.74, 6) is 0. The lowest BCUT2D eigenvalue weighted by Gasteiger charge is -2.20. The van der Waals surface area contributed by atoms with Crippen LogP contribution in [-0.4, -0.2) is 6.10 Å². The zero-order chi connectivity index (χ0) is 11.4. The number of aryl methyl sites for hydroxylation is 2. The summed E-state index contributed by atoms with van der Waals surface area (Å²) in [6.45, 7) is 10.6. The number of ether oxygens (including phenoxy) is 1. The number of rotatable bonds is 4. The summed E-state index contributed by atoms with van der Waals surface area (Å²) < 4.78 is 5.88. The highest BCUT2D eigenvalue weighted by Crippen LogP contribution is 2.24. The van der Waals surface area contributed by atoms with Gasteiger partial charge in [-0.2, -0.15) is 0 Å². The van der Waals surface area contributed by atoms with E-state index >= 15 is 0 Å². The van der Waals surface area contributed by atoms with Crippen molar-refractivity contribution in [2.75, 3.05) is 0 Å². The third kappa shape index (κ3) is 3.35. The molecule has 1 aromatic carbocycles. The van der Waals surface area contributed by atoms with Crippen molar-refractivity contribution >= 4 is 0 Å². The highest BCUT2D eigenvalue weighted by Gasteiger charge is 2.11. The lowest BCUT2D eigenvalue weighted by Crippen LogP contribution is -2.10. The summed E-state index contributed by atoms with van der Waals surface area (Å²) in [6, 6.07) is 6.60. The van der Waals surface area contributed by atoms with E-state index in [0.29, 0.717) is 0 Å². The van der Waals surface area contributed by atoms with Gasteiger partial charge < -0.3 is 4.74 Å². The topological polar surface area (TPSA) is 9.23 Å². The first kappa shape index (κ1) is 12.3. The Morgan fingerprint density at radius 3 is 2.27 bits per heavy atom. The molecule has 1 atom stereocenters. The van der Waals surface area contributed by atoms with Crippen LogP contribution in [0, 0.1) is 13.8 Å². The van der Waals surface area contributed by atoms with Crippen LogP contribution in [-0.2, 0) is 4.74 Å². The quantitative estimate of drug-likeness (QED) is 0.718. The molecule has 0 aliphatic heterocycles. The van der Waals surface area contributed by atoms with Crippen molar-refractivity contribution in [2.24, 2.45) is 0 Å². The largest absolute Gasteiger partial charge is 0.371 e. The zero-order valence-electron chi connectivity index (χ0n) is 10.5. The van der Waals surface area contributed by atoms with Gasteiger partial charge in [-0.05, 0) is 50.8 Å². The molecule has 0 spiro atoms. The Balaban J connectivity index is 2.87. The van der Waals surface area contributed by atoms with Gasteiger partial charge in [-0.15, -0.1) is 0 Å². The van der Waals surface area contributed by atoms with Crippen molar-refractivity contribution in [1.82, 2.24) is 0 Å². The van der Waals surface area contributed by atoms with Gasteiger partial charge in [0.15, 0.2) is 0 Å². The van der Waals surface area contributed by atoms with Gasteiger partial charge in [0.25, 0.3) is 0 Å². The van der Waals surface area contributed by atoms with Crippen LogP contribution in [0.1, 0.15) is 50.0 Å². The lowest BCUT2D eigenvalue weighted by molar-refractivity contribution is 0.00445. The average molecular weight is 206 g/mol. The maximum atomic E-state index is 5.88. The highest BCUT2D eigenvalue weighted by molar-refractivity contribution is 5.31. The molecule has 1 rings (SSSR count). The summed E-state index contributed by atoms with van der Waals surface area (Å²) in [5, 5.41) is 0. The van der Waals surface area contributed by atoms with Crippen molar-refractivity contribution in [3.05, 3.63) is 34.9 Å². The molecule has 0 saturated carbocycles. The van der Waals surface area contributed by atoms with Crippen LogP contribution in [0.5, 0.6) is 0 Å². The van der Waals surface area contributed by atoms with E-state index < -0.39 is 0 Å². The van der Waals surface area contributed by atoms with E-state index in [4.69, 9.17) is 4.74 Å². The van der Waals surface area contributed by atoms with E-state index in [1.54, 1.807) is 0 Å². The Morgan fingerprint density at radius 1 is 1.13 bits per heavy atom. The van der Waals surface area contributed by atoms with Crippen LogP contribution in [0.25, 0.3) is 0 Å². The minimum atomic E-state index is 0.240. The van der Waals surface area contributed by atoms with Gasteiger partial charge in [-0.3, -0.25) is 0 Å². The van der Waals surface area contributed by atoms with Crippen molar-refractivity contribution in [3.8, 4) is 0 Å². The summed E-state index contributed by atoms with van der Waals surface area (Å²) >= 11 is 0. The standard InChI is InChI=1S/C14H22O/c1-6-14(15-10(2)3)13-8-7-11(4)12(5)9-13/h7-10,14H,6H2,1-5H3. The van der Waals surface area contributed by atoms with Crippen LogP contribution in [0.15, 0.2) is 18.2 Å². The Labute approximate surface area is 93.5 Å². The molecule has 0 heterocycles. The Hall–Kier alpha value is -0.820. The van der Waals surface area contributed by atoms with Gasteiger partial charge >= 0.3 is 0 Å². The summed E-state index contributed by atoms with van der Waals surface area (Å²) in [4.78, 5) is 0. The van der Waals surface area contributed by atoms with Gasteiger partial charge in [0.2, 0.25) is 0 Å². The maximum Gasteiger partial charge on any atom is 0.0825 e. The fourth-order valence-electron chi connectivity index (χ4n) is 1.70. The second-order valence-electron chi connectivity index (χ2n) is 4.43. The zero-order valence-corrected chi connectivity index (χ0v) is 10.5. The second-order valence-corrected chi connectivity index (χ2v) is 4.43. The second kappa shape index (κ2) is 5.32. The molecule has 0 aliphatic rings. The molecule has 0 radical (unpaired) electrons. The summed E-state index contributed by atoms with van der Waals surface area (Å²) in [5.41, 5.74) is 3.99. The van der Waals surface area contributed by atoms with E-state index in [2.05, 4.69) is 52.8 Å². The van der Waals surface area contributed by atoms with Crippen LogP contribution in [0.4, 0.5) is 0 Å². The molecular formula is C14H22O. The molecule has 1 nitrogen and oxygen atoms in total. The molecule has 0 N–H and O–H groups in total. The molecule has 1 unspecified atom stereocenters. The fourth-order valence-corrected chi connectivity index (χ4v) is 1.70. The molecular weight excluding hydrogens is 184 g/mol. The Morgan fingerprint density at radius 2 is 1.80 bits per heavy atom. The SMILES string of the molecule is CCC(OC(C)C)c1ccc(C)c(C)c1. The average Bonchev–Trinajstić information content (AvgIpc) is 2.18. The van der Waals surface area contributed by atoms with Crippen LogP contribution >= 0.6 is 0 Å². The van der Waals surface area contributed by atoms with Gasteiger partial charge in [0, 0.05) is 0 Å². The first-order chi connectivity index (χ1) is 7.04. The summed E-state index contributed by atoms with van der Waals surface area (Å²) in [6.07, 6.45) is 1.56. The third-order valence-electron chi connectivity index (χ3n) is 2.71. The summed E-state index contributed by atoms with van der Waals surface area (Å²) in [7, 11) is 0. The van der Waals surface area contributed by atoms with Gasteiger partial charge in [0.1, 0.15) is 0 Å².